The molecule has 90 valence electrons. The number of rotatable bonds is 4. The highest BCUT2D eigenvalue weighted by molar-refractivity contribution is 7.14. The Bertz CT molecular complexity index is 518. The quantitative estimate of drug-likeness (QED) is 0.777. The van der Waals surface area contributed by atoms with Gasteiger partial charge in [-0.05, 0) is 13.8 Å². The summed E-state index contributed by atoms with van der Waals surface area (Å²) in [6, 6.07) is 0. The van der Waals surface area contributed by atoms with E-state index >= 15 is 0 Å². The van der Waals surface area contributed by atoms with Gasteiger partial charge in [-0.15, -0.1) is 0 Å². The third-order valence-corrected chi connectivity index (χ3v) is 3.03. The second-order valence-electron chi connectivity index (χ2n) is 3.49. The fraction of sp³-hybridized carbons (Fsp3) is 0.364. The first-order valence-electron chi connectivity index (χ1n) is 5.31. The van der Waals surface area contributed by atoms with Crippen molar-refractivity contribution in [2.75, 3.05) is 6.61 Å². The Kier molecular flexibility index (Phi) is 3.53. The van der Waals surface area contributed by atoms with Crippen LogP contribution in [0.4, 0.5) is 0 Å². The van der Waals surface area contributed by atoms with Crippen molar-refractivity contribution in [2.45, 2.75) is 20.3 Å². The van der Waals surface area contributed by atoms with Crippen LogP contribution in [-0.4, -0.2) is 27.3 Å². The molecule has 0 bridgehead atoms. The molecule has 0 saturated heterocycles. The number of carbonyl (C=O) groups excluding carboxylic acids is 1. The molecule has 0 atom stereocenters. The average molecular weight is 251 g/mol. The molecular formula is C11H13N3O2S. The molecule has 5 nitrogen and oxygen atoms in total. The lowest BCUT2D eigenvalue weighted by molar-refractivity contribution is -0.142. The fourth-order valence-electron chi connectivity index (χ4n) is 1.41. The Morgan fingerprint density at radius 2 is 2.35 bits per heavy atom. The Balaban J connectivity index is 2.08. The lowest BCUT2D eigenvalue weighted by Gasteiger charge is -1.98. The lowest BCUT2D eigenvalue weighted by atomic mass is 10.3. The zero-order chi connectivity index (χ0) is 12.3. The molecule has 0 unspecified atom stereocenters. The predicted molar refractivity (Wildman–Crippen MR) is 64.3 cm³/mol. The number of aryl methyl sites for hydroxylation is 1. The van der Waals surface area contributed by atoms with Gasteiger partial charge in [0.25, 0.3) is 0 Å². The van der Waals surface area contributed by atoms with Crippen LogP contribution in [0.25, 0.3) is 5.00 Å². The second-order valence-corrected chi connectivity index (χ2v) is 4.71. The molecule has 6 heteroatoms. The van der Waals surface area contributed by atoms with Crippen molar-refractivity contribution in [3.05, 3.63) is 29.2 Å². The van der Waals surface area contributed by atoms with Gasteiger partial charge in [0, 0.05) is 11.8 Å². The van der Waals surface area contributed by atoms with Crippen LogP contribution in [0, 0.1) is 6.92 Å². The van der Waals surface area contributed by atoms with Crippen LogP contribution < -0.4 is 0 Å². The van der Waals surface area contributed by atoms with Gasteiger partial charge >= 0.3 is 5.97 Å². The monoisotopic (exact) mass is 251 g/mol. The van der Waals surface area contributed by atoms with Gasteiger partial charge < -0.3 is 4.74 Å². The lowest BCUT2D eigenvalue weighted by Crippen LogP contribution is -2.06. The Labute approximate surface area is 103 Å². The number of carbonyl (C=O) groups is 1. The Morgan fingerprint density at radius 1 is 1.53 bits per heavy atom. The predicted octanol–water partition coefficient (Wildman–Crippen LogP) is 1.74. The van der Waals surface area contributed by atoms with Gasteiger partial charge in [-0.25, -0.2) is 9.67 Å². The molecule has 0 amide bonds. The van der Waals surface area contributed by atoms with Gasteiger partial charge in [0.05, 0.1) is 30.4 Å². The summed E-state index contributed by atoms with van der Waals surface area (Å²) in [6.45, 7) is 4.14. The maximum absolute atomic E-state index is 11.3. The molecule has 2 rings (SSSR count). The summed E-state index contributed by atoms with van der Waals surface area (Å²) >= 11 is 1.56. The molecule has 0 fully saturated rings. The van der Waals surface area contributed by atoms with Crippen molar-refractivity contribution in [1.29, 1.82) is 0 Å². The van der Waals surface area contributed by atoms with E-state index in [1.165, 1.54) is 0 Å². The molecule has 17 heavy (non-hydrogen) atoms. The van der Waals surface area contributed by atoms with E-state index in [1.807, 2.05) is 13.1 Å². The molecular weight excluding hydrogens is 238 g/mol. The highest BCUT2D eigenvalue weighted by Crippen LogP contribution is 2.16. The Morgan fingerprint density at radius 3 is 3.00 bits per heavy atom. The molecule has 0 radical (unpaired) electrons. The smallest absolute Gasteiger partial charge is 0.310 e. The molecule has 0 N–H and O–H groups in total. The summed E-state index contributed by atoms with van der Waals surface area (Å²) in [5, 5.41) is 6.12. The van der Waals surface area contributed by atoms with E-state index in [-0.39, 0.29) is 12.4 Å². The van der Waals surface area contributed by atoms with E-state index in [4.69, 9.17) is 4.74 Å². The highest BCUT2D eigenvalue weighted by atomic mass is 32.1. The van der Waals surface area contributed by atoms with Crippen LogP contribution in [0.1, 0.15) is 17.5 Å². The Hall–Kier alpha value is -1.69. The third kappa shape index (κ3) is 2.91. The van der Waals surface area contributed by atoms with Gasteiger partial charge in [0.2, 0.25) is 0 Å². The topological polar surface area (TPSA) is 57.0 Å². The van der Waals surface area contributed by atoms with Gasteiger partial charge in [-0.2, -0.15) is 5.10 Å². The van der Waals surface area contributed by atoms with E-state index in [1.54, 1.807) is 35.3 Å². The summed E-state index contributed by atoms with van der Waals surface area (Å²) in [6.07, 6.45) is 5.52. The first kappa shape index (κ1) is 11.8. The largest absolute Gasteiger partial charge is 0.466 e. The number of nitrogens with zero attached hydrogens (tertiary/aromatic N) is 3. The molecule has 0 aliphatic heterocycles. The SMILES string of the molecule is CCOC(=O)Cc1cnn(-c2cnc(C)s2)c1. The van der Waals surface area contributed by atoms with Gasteiger partial charge in [-0.1, -0.05) is 11.3 Å². The number of hydrogen-bond donors (Lipinski definition) is 0. The first-order chi connectivity index (χ1) is 8.19. The summed E-state index contributed by atoms with van der Waals surface area (Å²) in [4.78, 5) is 15.5. The standard InChI is InChI=1S/C11H13N3O2S/c1-3-16-11(15)4-9-5-13-14(7-9)10-6-12-8(2)17-10/h5-7H,3-4H2,1-2H3. The highest BCUT2D eigenvalue weighted by Gasteiger charge is 2.08. The van der Waals surface area contributed by atoms with E-state index in [0.29, 0.717) is 6.61 Å². The van der Waals surface area contributed by atoms with Gasteiger partial charge in [-0.3, -0.25) is 4.79 Å². The third-order valence-electron chi connectivity index (χ3n) is 2.12. The van der Waals surface area contributed by atoms with Crippen molar-refractivity contribution in [3.63, 3.8) is 0 Å². The van der Waals surface area contributed by atoms with E-state index in [0.717, 1.165) is 15.6 Å². The number of esters is 1. The van der Waals surface area contributed by atoms with E-state index in [9.17, 15) is 4.79 Å². The molecule has 0 aromatic carbocycles. The molecule has 0 spiro atoms. The summed E-state index contributed by atoms with van der Waals surface area (Å²) in [7, 11) is 0. The number of aromatic nitrogens is 3. The molecule has 0 saturated carbocycles. The van der Waals surface area contributed by atoms with Crippen LogP contribution in [0.3, 0.4) is 0 Å². The number of thiazole rings is 1. The zero-order valence-electron chi connectivity index (χ0n) is 9.71. The molecule has 0 aliphatic rings. The fourth-order valence-corrected chi connectivity index (χ4v) is 2.11. The van der Waals surface area contributed by atoms with E-state index in [2.05, 4.69) is 10.1 Å². The van der Waals surface area contributed by atoms with Crippen LogP contribution in [-0.2, 0) is 16.0 Å². The normalized spacial score (nSPS) is 10.5. The zero-order valence-corrected chi connectivity index (χ0v) is 10.5. The minimum Gasteiger partial charge on any atom is -0.466 e. The molecule has 2 aromatic heterocycles. The minimum atomic E-state index is -0.229. The van der Waals surface area contributed by atoms with E-state index < -0.39 is 0 Å². The van der Waals surface area contributed by atoms with Crippen molar-refractivity contribution >= 4 is 17.3 Å². The number of ether oxygens (including phenoxy) is 1. The average Bonchev–Trinajstić information content (AvgIpc) is 2.87. The van der Waals surface area contributed by atoms with Crippen LogP contribution in [0.5, 0.6) is 0 Å². The van der Waals surface area contributed by atoms with Gasteiger partial charge in [0.1, 0.15) is 5.00 Å². The summed E-state index contributed by atoms with van der Waals surface area (Å²) < 4.78 is 6.60. The maximum Gasteiger partial charge on any atom is 0.310 e. The summed E-state index contributed by atoms with van der Waals surface area (Å²) in [5.74, 6) is -0.229. The van der Waals surface area contributed by atoms with Crippen LogP contribution in [0.2, 0.25) is 0 Å². The van der Waals surface area contributed by atoms with Crippen LogP contribution in [0.15, 0.2) is 18.6 Å². The first-order valence-corrected chi connectivity index (χ1v) is 6.12. The van der Waals surface area contributed by atoms with Crippen molar-refractivity contribution < 1.29 is 9.53 Å². The second kappa shape index (κ2) is 5.09. The van der Waals surface area contributed by atoms with Crippen LogP contribution >= 0.6 is 11.3 Å². The van der Waals surface area contributed by atoms with Crippen molar-refractivity contribution in [2.24, 2.45) is 0 Å². The van der Waals surface area contributed by atoms with Gasteiger partial charge in [0.15, 0.2) is 0 Å². The molecule has 2 heterocycles. The maximum atomic E-state index is 11.3. The summed E-state index contributed by atoms with van der Waals surface area (Å²) in [5.41, 5.74) is 0.842. The van der Waals surface area contributed by atoms with Crippen molar-refractivity contribution in [1.82, 2.24) is 14.8 Å². The molecule has 0 aliphatic carbocycles. The number of hydrogen-bond acceptors (Lipinski definition) is 5. The van der Waals surface area contributed by atoms with Crippen molar-refractivity contribution in [3.8, 4) is 5.00 Å². The molecule has 2 aromatic rings. The minimum absolute atomic E-state index is 0.229.